The number of hydrogen-bond acceptors (Lipinski definition) is 3. The molecule has 0 spiro atoms. The first-order chi connectivity index (χ1) is 12.8. The van der Waals surface area contributed by atoms with Gasteiger partial charge in [-0.15, -0.1) is 10.2 Å². The molecule has 1 heterocycles. The van der Waals surface area contributed by atoms with Crippen LogP contribution in [-0.2, 0) is 5.75 Å². The van der Waals surface area contributed by atoms with E-state index in [4.69, 9.17) is 11.6 Å². The fraction of sp³-hybridized carbons (Fsp3) is 0.333. The molecule has 1 aromatic heterocycles. The van der Waals surface area contributed by atoms with Gasteiger partial charge < -0.3 is 0 Å². The van der Waals surface area contributed by atoms with Crippen LogP contribution < -0.4 is 0 Å². The van der Waals surface area contributed by atoms with E-state index in [1.54, 1.807) is 11.8 Å². The summed E-state index contributed by atoms with van der Waals surface area (Å²) in [5.41, 5.74) is 2.39. The standard InChI is InChI=1S/C21H22ClN3S/c22-18-13-11-16(12-14-18)15-26-21-24-23-20(17-7-3-1-4-8-17)25(21)19-9-5-2-6-10-19/h2,5-6,9-14,17H,1,3-4,7-8,15H2. The number of benzene rings is 2. The molecule has 1 aliphatic rings. The van der Waals surface area contributed by atoms with Crippen LogP contribution in [0.15, 0.2) is 59.8 Å². The lowest BCUT2D eigenvalue weighted by Gasteiger charge is -2.22. The van der Waals surface area contributed by atoms with Crippen LogP contribution in [0.3, 0.4) is 0 Å². The Hall–Kier alpha value is -1.78. The molecule has 0 aliphatic heterocycles. The monoisotopic (exact) mass is 383 g/mol. The van der Waals surface area contributed by atoms with Crippen LogP contribution in [0.25, 0.3) is 5.69 Å². The van der Waals surface area contributed by atoms with E-state index in [1.165, 1.54) is 37.7 Å². The van der Waals surface area contributed by atoms with Crippen molar-refractivity contribution in [3.05, 3.63) is 71.0 Å². The van der Waals surface area contributed by atoms with Gasteiger partial charge in [0.2, 0.25) is 0 Å². The van der Waals surface area contributed by atoms with Crippen LogP contribution in [-0.4, -0.2) is 14.8 Å². The summed E-state index contributed by atoms with van der Waals surface area (Å²) in [5, 5.41) is 10.9. The molecule has 26 heavy (non-hydrogen) atoms. The minimum absolute atomic E-state index is 0.515. The molecular weight excluding hydrogens is 362 g/mol. The van der Waals surface area contributed by atoms with Crippen LogP contribution in [0.2, 0.25) is 5.02 Å². The van der Waals surface area contributed by atoms with Crippen LogP contribution in [0, 0.1) is 0 Å². The minimum atomic E-state index is 0.515. The summed E-state index contributed by atoms with van der Waals surface area (Å²) in [4.78, 5) is 0. The number of para-hydroxylation sites is 1. The quantitative estimate of drug-likeness (QED) is 0.487. The second kappa shape index (κ2) is 8.28. The van der Waals surface area contributed by atoms with Gasteiger partial charge in [-0.2, -0.15) is 0 Å². The summed E-state index contributed by atoms with van der Waals surface area (Å²) < 4.78 is 2.26. The van der Waals surface area contributed by atoms with E-state index in [0.29, 0.717) is 5.92 Å². The second-order valence-electron chi connectivity index (χ2n) is 6.76. The Morgan fingerprint density at radius 1 is 0.923 bits per heavy atom. The zero-order valence-electron chi connectivity index (χ0n) is 14.6. The predicted octanol–water partition coefficient (Wildman–Crippen LogP) is 6.26. The third kappa shape index (κ3) is 3.97. The van der Waals surface area contributed by atoms with E-state index < -0.39 is 0 Å². The second-order valence-corrected chi connectivity index (χ2v) is 8.14. The zero-order valence-corrected chi connectivity index (χ0v) is 16.2. The van der Waals surface area contributed by atoms with Crippen LogP contribution in [0.5, 0.6) is 0 Å². The molecule has 0 bridgehead atoms. The van der Waals surface area contributed by atoms with E-state index in [0.717, 1.165) is 27.4 Å². The Morgan fingerprint density at radius 2 is 1.65 bits per heavy atom. The maximum absolute atomic E-state index is 5.99. The van der Waals surface area contributed by atoms with Crippen molar-refractivity contribution in [3.63, 3.8) is 0 Å². The highest BCUT2D eigenvalue weighted by Crippen LogP contribution is 2.35. The third-order valence-electron chi connectivity index (χ3n) is 4.92. The normalized spacial score (nSPS) is 15.3. The Labute approximate surface area is 163 Å². The highest BCUT2D eigenvalue weighted by atomic mass is 35.5. The Balaban J connectivity index is 1.63. The van der Waals surface area contributed by atoms with Gasteiger partial charge in [-0.25, -0.2) is 0 Å². The molecule has 134 valence electrons. The highest BCUT2D eigenvalue weighted by Gasteiger charge is 2.24. The largest absolute Gasteiger partial charge is 0.274 e. The smallest absolute Gasteiger partial charge is 0.196 e. The summed E-state index contributed by atoms with van der Waals surface area (Å²) in [6.45, 7) is 0. The van der Waals surface area contributed by atoms with Crippen LogP contribution in [0.1, 0.15) is 49.4 Å². The maximum atomic E-state index is 5.99. The first-order valence-electron chi connectivity index (χ1n) is 9.19. The van der Waals surface area contributed by atoms with E-state index in [-0.39, 0.29) is 0 Å². The number of hydrogen-bond donors (Lipinski definition) is 0. The molecule has 1 fully saturated rings. The molecular formula is C21H22ClN3S. The minimum Gasteiger partial charge on any atom is -0.274 e. The molecule has 1 aliphatic carbocycles. The molecule has 0 radical (unpaired) electrons. The number of halogens is 1. The molecule has 0 saturated heterocycles. The van der Waals surface area contributed by atoms with E-state index in [1.807, 2.05) is 12.1 Å². The fourth-order valence-electron chi connectivity index (χ4n) is 3.55. The fourth-order valence-corrected chi connectivity index (χ4v) is 4.59. The third-order valence-corrected chi connectivity index (χ3v) is 6.18. The number of thioether (sulfide) groups is 1. The molecule has 1 saturated carbocycles. The molecule has 4 rings (SSSR count). The molecule has 3 aromatic rings. The topological polar surface area (TPSA) is 30.7 Å². The van der Waals surface area contributed by atoms with Gasteiger partial charge in [-0.3, -0.25) is 4.57 Å². The molecule has 0 unspecified atom stereocenters. The number of nitrogens with zero attached hydrogens (tertiary/aromatic N) is 3. The molecule has 0 amide bonds. The van der Waals surface area contributed by atoms with Crippen molar-refractivity contribution >= 4 is 23.4 Å². The molecule has 5 heteroatoms. The molecule has 3 nitrogen and oxygen atoms in total. The summed E-state index contributed by atoms with van der Waals surface area (Å²) in [7, 11) is 0. The van der Waals surface area contributed by atoms with Gasteiger partial charge in [0.05, 0.1) is 0 Å². The van der Waals surface area contributed by atoms with Crippen LogP contribution >= 0.6 is 23.4 Å². The van der Waals surface area contributed by atoms with Crippen LogP contribution in [0.4, 0.5) is 0 Å². The van der Waals surface area contributed by atoms with Crippen molar-refractivity contribution in [2.24, 2.45) is 0 Å². The first-order valence-corrected chi connectivity index (χ1v) is 10.6. The summed E-state index contributed by atoms with van der Waals surface area (Å²) >= 11 is 7.72. The van der Waals surface area contributed by atoms with E-state index in [9.17, 15) is 0 Å². The lowest BCUT2D eigenvalue weighted by molar-refractivity contribution is 0.423. The van der Waals surface area contributed by atoms with Gasteiger partial charge in [0.15, 0.2) is 5.16 Å². The number of aromatic nitrogens is 3. The Morgan fingerprint density at radius 3 is 2.38 bits per heavy atom. The van der Waals surface area contributed by atoms with Crippen molar-refractivity contribution < 1.29 is 0 Å². The molecule has 0 atom stereocenters. The van der Waals surface area contributed by atoms with Gasteiger partial charge in [-0.1, -0.05) is 73.0 Å². The van der Waals surface area contributed by atoms with Gasteiger partial charge in [0.1, 0.15) is 5.82 Å². The van der Waals surface area contributed by atoms with Crippen molar-refractivity contribution in [3.8, 4) is 5.69 Å². The Bertz CT molecular complexity index is 839. The summed E-state index contributed by atoms with van der Waals surface area (Å²) in [5.74, 6) is 2.49. The average Bonchev–Trinajstić information content (AvgIpc) is 3.13. The lowest BCUT2D eigenvalue weighted by atomic mass is 9.88. The summed E-state index contributed by atoms with van der Waals surface area (Å²) in [6, 6.07) is 18.5. The van der Waals surface area contributed by atoms with Gasteiger partial charge in [0.25, 0.3) is 0 Å². The lowest BCUT2D eigenvalue weighted by Crippen LogP contribution is -2.11. The van der Waals surface area contributed by atoms with E-state index >= 15 is 0 Å². The first kappa shape index (κ1) is 17.6. The predicted molar refractivity (Wildman–Crippen MR) is 108 cm³/mol. The van der Waals surface area contributed by atoms with Gasteiger partial charge >= 0.3 is 0 Å². The van der Waals surface area contributed by atoms with Crippen molar-refractivity contribution in [2.75, 3.05) is 0 Å². The molecule has 0 N–H and O–H groups in total. The Kier molecular flexibility index (Phi) is 5.61. The number of rotatable bonds is 5. The average molecular weight is 384 g/mol. The highest BCUT2D eigenvalue weighted by molar-refractivity contribution is 7.98. The van der Waals surface area contributed by atoms with Crippen molar-refractivity contribution in [1.29, 1.82) is 0 Å². The van der Waals surface area contributed by atoms with Crippen molar-refractivity contribution in [2.45, 2.75) is 48.9 Å². The van der Waals surface area contributed by atoms with Crippen molar-refractivity contribution in [1.82, 2.24) is 14.8 Å². The SMILES string of the molecule is Clc1ccc(CSc2nnc(C3CCCCC3)n2-c2ccccc2)cc1. The van der Waals surface area contributed by atoms with Gasteiger partial charge in [0, 0.05) is 22.4 Å². The van der Waals surface area contributed by atoms with Gasteiger partial charge in [-0.05, 0) is 42.7 Å². The zero-order chi connectivity index (χ0) is 17.8. The van der Waals surface area contributed by atoms with E-state index in [2.05, 4.69) is 57.2 Å². The molecule has 2 aromatic carbocycles. The maximum Gasteiger partial charge on any atom is 0.196 e. The summed E-state index contributed by atoms with van der Waals surface area (Å²) in [6.07, 6.45) is 6.35.